The molecule has 0 spiro atoms. The Morgan fingerprint density at radius 3 is 2.33 bits per heavy atom. The highest BCUT2D eigenvalue weighted by atomic mass is 15.1. The summed E-state index contributed by atoms with van der Waals surface area (Å²) >= 11 is 0. The van der Waals surface area contributed by atoms with E-state index in [1.807, 2.05) is 0 Å². The van der Waals surface area contributed by atoms with Crippen LogP contribution >= 0.6 is 0 Å². The molecular formula is C16H26N2. The third-order valence-electron chi connectivity index (χ3n) is 3.99. The maximum atomic E-state index is 3.43. The Bertz CT molecular complexity index is 350. The molecule has 100 valence electrons. The van der Waals surface area contributed by atoms with Crippen LogP contribution in [0, 0.1) is 5.92 Å². The van der Waals surface area contributed by atoms with Crippen molar-refractivity contribution in [3.63, 3.8) is 0 Å². The van der Waals surface area contributed by atoms with E-state index in [1.54, 1.807) is 0 Å². The monoisotopic (exact) mass is 246 g/mol. The Morgan fingerprint density at radius 2 is 1.78 bits per heavy atom. The van der Waals surface area contributed by atoms with Crippen molar-refractivity contribution < 1.29 is 0 Å². The van der Waals surface area contributed by atoms with Gasteiger partial charge in [-0.2, -0.15) is 0 Å². The normalized spacial score (nSPS) is 17.1. The van der Waals surface area contributed by atoms with Gasteiger partial charge in [0.1, 0.15) is 0 Å². The highest BCUT2D eigenvalue weighted by Crippen LogP contribution is 2.21. The fraction of sp³-hybridized carbons (Fsp3) is 0.625. The zero-order valence-electron chi connectivity index (χ0n) is 11.9. The molecule has 1 heterocycles. The van der Waals surface area contributed by atoms with Gasteiger partial charge >= 0.3 is 0 Å². The Hall–Kier alpha value is -1.02. The van der Waals surface area contributed by atoms with Crippen LogP contribution in [0.4, 0.5) is 5.69 Å². The summed E-state index contributed by atoms with van der Waals surface area (Å²) < 4.78 is 0. The molecule has 2 rings (SSSR count). The van der Waals surface area contributed by atoms with Crippen LogP contribution in [0.15, 0.2) is 24.3 Å². The van der Waals surface area contributed by atoms with E-state index in [2.05, 4.69) is 55.4 Å². The second-order valence-electron chi connectivity index (χ2n) is 5.82. The smallest absolute Gasteiger partial charge is 0.0363 e. The van der Waals surface area contributed by atoms with Gasteiger partial charge in [0.05, 0.1) is 0 Å². The Morgan fingerprint density at radius 1 is 1.17 bits per heavy atom. The molecule has 0 saturated carbocycles. The van der Waals surface area contributed by atoms with Crippen LogP contribution in [-0.4, -0.2) is 26.7 Å². The summed E-state index contributed by atoms with van der Waals surface area (Å²) in [6.07, 6.45) is 2.63. The number of nitrogens with zero attached hydrogens (tertiary/aromatic N) is 1. The molecule has 0 aliphatic carbocycles. The molecule has 18 heavy (non-hydrogen) atoms. The van der Waals surface area contributed by atoms with E-state index >= 15 is 0 Å². The van der Waals surface area contributed by atoms with E-state index in [4.69, 9.17) is 0 Å². The van der Waals surface area contributed by atoms with Gasteiger partial charge in [-0.05, 0) is 55.5 Å². The average molecular weight is 246 g/mol. The summed E-state index contributed by atoms with van der Waals surface area (Å²) in [5.41, 5.74) is 2.77. The van der Waals surface area contributed by atoms with Gasteiger partial charge < -0.3 is 10.2 Å². The first kappa shape index (κ1) is 13.4. The number of hydrogen-bond donors (Lipinski definition) is 1. The molecule has 0 unspecified atom stereocenters. The zero-order valence-corrected chi connectivity index (χ0v) is 11.9. The van der Waals surface area contributed by atoms with Crippen LogP contribution in [0.25, 0.3) is 0 Å². The van der Waals surface area contributed by atoms with Gasteiger partial charge in [0, 0.05) is 19.3 Å². The lowest BCUT2D eigenvalue weighted by atomic mass is 9.97. The topological polar surface area (TPSA) is 15.3 Å². The highest BCUT2D eigenvalue weighted by molar-refractivity contribution is 5.47. The van der Waals surface area contributed by atoms with E-state index in [-0.39, 0.29) is 0 Å². The van der Waals surface area contributed by atoms with Crippen molar-refractivity contribution in [2.24, 2.45) is 5.92 Å². The Kier molecular flexibility index (Phi) is 4.65. The minimum absolute atomic E-state index is 0.619. The molecule has 1 aromatic rings. The minimum atomic E-state index is 0.619. The van der Waals surface area contributed by atoms with Crippen molar-refractivity contribution >= 4 is 5.69 Å². The first-order valence-electron chi connectivity index (χ1n) is 7.18. The average Bonchev–Trinajstić information content (AvgIpc) is 2.40. The molecule has 2 heteroatoms. The lowest BCUT2D eigenvalue weighted by molar-refractivity contribution is 0.378. The van der Waals surface area contributed by atoms with E-state index in [0.29, 0.717) is 5.92 Å². The van der Waals surface area contributed by atoms with Gasteiger partial charge in [0.25, 0.3) is 0 Å². The summed E-state index contributed by atoms with van der Waals surface area (Å²) in [5, 5.41) is 3.43. The van der Waals surface area contributed by atoms with Crippen LogP contribution in [0.2, 0.25) is 0 Å². The molecule has 0 amide bonds. The maximum Gasteiger partial charge on any atom is 0.0363 e. The van der Waals surface area contributed by atoms with Gasteiger partial charge in [0.2, 0.25) is 0 Å². The van der Waals surface area contributed by atoms with Gasteiger partial charge in [0.15, 0.2) is 0 Å². The molecule has 1 fully saturated rings. The Labute approximate surface area is 111 Å². The second-order valence-corrected chi connectivity index (χ2v) is 5.82. The van der Waals surface area contributed by atoms with Crippen LogP contribution in [-0.2, 0) is 0 Å². The summed E-state index contributed by atoms with van der Waals surface area (Å²) in [7, 11) is 2.21. The second kappa shape index (κ2) is 6.24. The minimum Gasteiger partial charge on any atom is -0.374 e. The van der Waals surface area contributed by atoms with E-state index in [1.165, 1.54) is 43.7 Å². The first-order chi connectivity index (χ1) is 8.66. The van der Waals surface area contributed by atoms with Gasteiger partial charge in [-0.3, -0.25) is 0 Å². The number of piperidine rings is 1. The predicted octanol–water partition coefficient (Wildman–Crippen LogP) is 3.25. The van der Waals surface area contributed by atoms with Crippen molar-refractivity contribution in [1.29, 1.82) is 0 Å². The fourth-order valence-corrected chi connectivity index (χ4v) is 2.67. The van der Waals surface area contributed by atoms with Crippen LogP contribution in [0.3, 0.4) is 0 Å². The third-order valence-corrected chi connectivity index (χ3v) is 3.99. The van der Waals surface area contributed by atoms with E-state index in [0.717, 1.165) is 5.92 Å². The van der Waals surface area contributed by atoms with Gasteiger partial charge in [-0.25, -0.2) is 0 Å². The lowest BCUT2D eigenvalue weighted by Gasteiger charge is -2.29. The number of rotatable bonds is 4. The van der Waals surface area contributed by atoms with Crippen molar-refractivity contribution in [3.05, 3.63) is 29.8 Å². The van der Waals surface area contributed by atoms with Crippen LogP contribution in [0.1, 0.15) is 38.2 Å². The highest BCUT2D eigenvalue weighted by Gasteiger charge is 2.15. The molecule has 0 radical (unpaired) electrons. The molecule has 0 aromatic heterocycles. The molecule has 1 aliphatic rings. The molecular weight excluding hydrogens is 220 g/mol. The summed E-state index contributed by atoms with van der Waals surface area (Å²) in [6, 6.07) is 9.05. The van der Waals surface area contributed by atoms with Crippen molar-refractivity contribution in [3.8, 4) is 0 Å². The molecule has 2 nitrogen and oxygen atoms in total. The largest absolute Gasteiger partial charge is 0.374 e. The third kappa shape index (κ3) is 3.49. The van der Waals surface area contributed by atoms with Crippen LogP contribution < -0.4 is 10.2 Å². The van der Waals surface area contributed by atoms with Crippen molar-refractivity contribution in [2.45, 2.75) is 32.6 Å². The van der Waals surface area contributed by atoms with E-state index < -0.39 is 0 Å². The van der Waals surface area contributed by atoms with E-state index in [9.17, 15) is 0 Å². The molecule has 1 aliphatic heterocycles. The number of hydrogen-bond acceptors (Lipinski definition) is 2. The number of nitrogens with one attached hydrogen (secondary N) is 1. The van der Waals surface area contributed by atoms with Gasteiger partial charge in [-0.1, -0.05) is 26.0 Å². The first-order valence-corrected chi connectivity index (χ1v) is 7.18. The fourth-order valence-electron chi connectivity index (χ4n) is 2.67. The molecule has 1 N–H and O–H groups in total. The summed E-state index contributed by atoms with van der Waals surface area (Å²) in [4.78, 5) is 2.40. The predicted molar refractivity (Wildman–Crippen MR) is 79.4 cm³/mol. The van der Waals surface area contributed by atoms with Gasteiger partial charge in [-0.15, -0.1) is 0 Å². The SMILES string of the molecule is CC(C)c1ccc(N(C)CC2CCNCC2)cc1. The molecule has 1 saturated heterocycles. The molecule has 0 bridgehead atoms. The quantitative estimate of drug-likeness (QED) is 0.877. The Balaban J connectivity index is 1.93. The standard InChI is InChI=1S/C16H26N2/c1-13(2)15-4-6-16(7-5-15)18(3)12-14-8-10-17-11-9-14/h4-7,13-14,17H,8-12H2,1-3H3. The number of benzene rings is 1. The lowest BCUT2D eigenvalue weighted by Crippen LogP contribution is -2.34. The maximum absolute atomic E-state index is 3.43. The number of anilines is 1. The summed E-state index contributed by atoms with van der Waals surface area (Å²) in [6.45, 7) is 8.04. The van der Waals surface area contributed by atoms with Crippen molar-refractivity contribution in [1.82, 2.24) is 5.32 Å². The summed E-state index contributed by atoms with van der Waals surface area (Å²) in [5.74, 6) is 1.47. The van der Waals surface area contributed by atoms with Crippen molar-refractivity contribution in [2.75, 3.05) is 31.6 Å². The molecule has 0 atom stereocenters. The molecule has 1 aromatic carbocycles. The van der Waals surface area contributed by atoms with Crippen LogP contribution in [0.5, 0.6) is 0 Å². The zero-order chi connectivity index (χ0) is 13.0.